The summed E-state index contributed by atoms with van der Waals surface area (Å²) in [5.74, 6) is -0.216. The van der Waals surface area contributed by atoms with Crippen molar-refractivity contribution in [3.63, 3.8) is 0 Å². The highest BCUT2D eigenvalue weighted by Crippen LogP contribution is 2.36. The fourth-order valence-electron chi connectivity index (χ4n) is 2.54. The molecule has 0 aliphatic carbocycles. The summed E-state index contributed by atoms with van der Waals surface area (Å²) in [5.41, 5.74) is 1.88. The van der Waals surface area contributed by atoms with Crippen molar-refractivity contribution in [1.29, 1.82) is 0 Å². The molecule has 0 saturated carbocycles. The van der Waals surface area contributed by atoms with Crippen molar-refractivity contribution >= 4 is 0 Å². The van der Waals surface area contributed by atoms with E-state index in [-0.39, 0.29) is 17.3 Å². The number of nitrogens with zero attached hydrogens (tertiary/aromatic N) is 3. The van der Waals surface area contributed by atoms with Crippen LogP contribution in [-0.4, -0.2) is 21.5 Å². The van der Waals surface area contributed by atoms with Crippen LogP contribution in [0.1, 0.15) is 38.1 Å². The molecular formula is C15H21FN4. The van der Waals surface area contributed by atoms with Gasteiger partial charge in [0.15, 0.2) is 0 Å². The van der Waals surface area contributed by atoms with Crippen LogP contribution in [0.3, 0.4) is 0 Å². The Hall–Kier alpha value is -1.75. The van der Waals surface area contributed by atoms with E-state index in [2.05, 4.69) is 36.4 Å². The third-order valence-corrected chi connectivity index (χ3v) is 3.76. The molecule has 1 N–H and O–H groups in total. The van der Waals surface area contributed by atoms with Crippen LogP contribution in [0.15, 0.2) is 30.5 Å². The molecule has 0 radical (unpaired) electrons. The fraction of sp³-hybridized carbons (Fsp3) is 0.467. The third kappa shape index (κ3) is 2.72. The van der Waals surface area contributed by atoms with E-state index in [0.29, 0.717) is 0 Å². The third-order valence-electron chi connectivity index (χ3n) is 3.76. The van der Waals surface area contributed by atoms with Gasteiger partial charge in [0.05, 0.1) is 17.9 Å². The Morgan fingerprint density at radius 2 is 1.95 bits per heavy atom. The number of likely N-dealkylation sites (N-methyl/N-ethyl adjacent to an activating group) is 1. The topological polar surface area (TPSA) is 42.7 Å². The molecule has 0 saturated heterocycles. The number of aryl methyl sites for hydroxylation is 1. The van der Waals surface area contributed by atoms with E-state index in [0.717, 1.165) is 17.8 Å². The first kappa shape index (κ1) is 14.7. The van der Waals surface area contributed by atoms with E-state index >= 15 is 0 Å². The van der Waals surface area contributed by atoms with Gasteiger partial charge in [0, 0.05) is 12.5 Å². The van der Waals surface area contributed by atoms with Crippen LogP contribution in [-0.2, 0) is 12.5 Å². The maximum absolute atomic E-state index is 13.1. The van der Waals surface area contributed by atoms with Gasteiger partial charge >= 0.3 is 0 Å². The van der Waals surface area contributed by atoms with Gasteiger partial charge in [-0.3, -0.25) is 4.68 Å². The Morgan fingerprint density at radius 1 is 1.30 bits per heavy atom. The zero-order chi connectivity index (χ0) is 14.8. The van der Waals surface area contributed by atoms with E-state index in [1.165, 1.54) is 12.1 Å². The number of hydrogen-bond donors (Lipinski definition) is 1. The minimum absolute atomic E-state index is 0.0537. The zero-order valence-corrected chi connectivity index (χ0v) is 12.4. The molecule has 1 aromatic heterocycles. The molecular weight excluding hydrogens is 255 g/mol. The molecule has 1 unspecified atom stereocenters. The standard InChI is InChI=1S/C15H21FN4/c1-5-17-14(13-10-18-19-20(13)4)15(2,3)11-6-8-12(16)9-7-11/h6-10,14,17H,5H2,1-4H3. The monoisotopic (exact) mass is 276 g/mol. The second-order valence-electron chi connectivity index (χ2n) is 5.50. The molecule has 0 aliphatic heterocycles. The summed E-state index contributed by atoms with van der Waals surface area (Å²) in [6.45, 7) is 7.18. The Bertz CT molecular complexity index is 560. The fourth-order valence-corrected chi connectivity index (χ4v) is 2.54. The lowest BCUT2D eigenvalue weighted by Gasteiger charge is -2.35. The summed E-state index contributed by atoms with van der Waals surface area (Å²) in [5, 5.41) is 11.5. The van der Waals surface area contributed by atoms with Crippen LogP contribution >= 0.6 is 0 Å². The van der Waals surface area contributed by atoms with Gasteiger partial charge in [-0.1, -0.05) is 38.1 Å². The Morgan fingerprint density at radius 3 is 2.45 bits per heavy atom. The van der Waals surface area contributed by atoms with Crippen molar-refractivity contribution < 1.29 is 4.39 Å². The van der Waals surface area contributed by atoms with Gasteiger partial charge in [-0.2, -0.15) is 0 Å². The lowest BCUT2D eigenvalue weighted by Crippen LogP contribution is -2.38. The molecule has 0 amide bonds. The van der Waals surface area contributed by atoms with Crippen molar-refractivity contribution in [2.24, 2.45) is 7.05 Å². The number of rotatable bonds is 5. The number of benzene rings is 1. The summed E-state index contributed by atoms with van der Waals surface area (Å²) < 4.78 is 14.9. The van der Waals surface area contributed by atoms with Gasteiger partial charge in [-0.15, -0.1) is 5.10 Å². The van der Waals surface area contributed by atoms with Crippen molar-refractivity contribution in [3.05, 3.63) is 47.5 Å². The van der Waals surface area contributed by atoms with Gasteiger partial charge < -0.3 is 5.32 Å². The van der Waals surface area contributed by atoms with E-state index in [9.17, 15) is 4.39 Å². The average molecular weight is 276 g/mol. The van der Waals surface area contributed by atoms with Crippen LogP contribution in [0.2, 0.25) is 0 Å². The second kappa shape index (κ2) is 5.71. The molecule has 1 heterocycles. The quantitative estimate of drug-likeness (QED) is 0.912. The number of hydrogen-bond acceptors (Lipinski definition) is 3. The number of halogens is 1. The van der Waals surface area contributed by atoms with E-state index in [1.54, 1.807) is 10.9 Å². The molecule has 1 aromatic carbocycles. The molecule has 2 aromatic rings. The Kier molecular flexibility index (Phi) is 4.18. The summed E-state index contributed by atoms with van der Waals surface area (Å²) >= 11 is 0. The molecule has 2 rings (SSSR count). The second-order valence-corrected chi connectivity index (χ2v) is 5.50. The first-order chi connectivity index (χ1) is 9.46. The maximum atomic E-state index is 13.1. The molecule has 0 aliphatic rings. The van der Waals surface area contributed by atoms with Gasteiger partial charge in [-0.05, 0) is 24.2 Å². The summed E-state index contributed by atoms with van der Waals surface area (Å²) in [6, 6.07) is 6.73. The lowest BCUT2D eigenvalue weighted by molar-refractivity contribution is 0.337. The van der Waals surface area contributed by atoms with Crippen molar-refractivity contribution in [2.75, 3.05) is 6.54 Å². The largest absolute Gasteiger partial charge is 0.308 e. The predicted octanol–water partition coefficient (Wildman–Crippen LogP) is 2.58. The van der Waals surface area contributed by atoms with E-state index in [1.807, 2.05) is 19.2 Å². The van der Waals surface area contributed by atoms with Crippen LogP contribution in [0, 0.1) is 5.82 Å². The van der Waals surface area contributed by atoms with Gasteiger partial charge in [-0.25, -0.2) is 4.39 Å². The van der Waals surface area contributed by atoms with E-state index in [4.69, 9.17) is 0 Å². The van der Waals surface area contributed by atoms with Crippen molar-refractivity contribution in [3.8, 4) is 0 Å². The Labute approximate surface area is 119 Å². The highest BCUT2D eigenvalue weighted by atomic mass is 19.1. The van der Waals surface area contributed by atoms with Gasteiger partial charge in [0.2, 0.25) is 0 Å². The van der Waals surface area contributed by atoms with Crippen LogP contribution in [0.25, 0.3) is 0 Å². The van der Waals surface area contributed by atoms with Crippen molar-refractivity contribution in [1.82, 2.24) is 20.3 Å². The van der Waals surface area contributed by atoms with E-state index < -0.39 is 0 Å². The van der Waals surface area contributed by atoms with Gasteiger partial charge in [0.1, 0.15) is 5.82 Å². The molecule has 20 heavy (non-hydrogen) atoms. The number of nitrogens with one attached hydrogen (secondary N) is 1. The minimum atomic E-state index is -0.216. The predicted molar refractivity (Wildman–Crippen MR) is 76.8 cm³/mol. The zero-order valence-electron chi connectivity index (χ0n) is 12.4. The smallest absolute Gasteiger partial charge is 0.123 e. The molecule has 108 valence electrons. The van der Waals surface area contributed by atoms with Gasteiger partial charge in [0.25, 0.3) is 0 Å². The van der Waals surface area contributed by atoms with Crippen molar-refractivity contribution in [2.45, 2.75) is 32.2 Å². The maximum Gasteiger partial charge on any atom is 0.123 e. The highest BCUT2D eigenvalue weighted by Gasteiger charge is 2.34. The highest BCUT2D eigenvalue weighted by molar-refractivity contribution is 5.29. The molecule has 0 fully saturated rings. The van der Waals surface area contributed by atoms with Crippen LogP contribution < -0.4 is 5.32 Å². The summed E-state index contributed by atoms with van der Waals surface area (Å²) in [7, 11) is 1.88. The molecule has 0 spiro atoms. The molecule has 5 heteroatoms. The normalized spacial score (nSPS) is 13.4. The molecule has 4 nitrogen and oxygen atoms in total. The summed E-state index contributed by atoms with van der Waals surface area (Å²) in [4.78, 5) is 0. The van der Waals surface area contributed by atoms with Crippen LogP contribution in [0.5, 0.6) is 0 Å². The minimum Gasteiger partial charge on any atom is -0.308 e. The first-order valence-electron chi connectivity index (χ1n) is 6.80. The summed E-state index contributed by atoms with van der Waals surface area (Å²) in [6.07, 6.45) is 1.78. The molecule has 0 bridgehead atoms. The molecule has 1 atom stereocenters. The Balaban J connectivity index is 2.41. The van der Waals surface area contributed by atoms with Crippen LogP contribution in [0.4, 0.5) is 4.39 Å². The lowest BCUT2D eigenvalue weighted by atomic mass is 9.76. The first-order valence-corrected chi connectivity index (χ1v) is 6.80. The average Bonchev–Trinajstić information content (AvgIpc) is 2.82. The number of aromatic nitrogens is 3. The SMILES string of the molecule is CCNC(c1cnnn1C)C(C)(C)c1ccc(F)cc1.